The minimum Gasteiger partial charge on any atom is -0.375 e. The van der Waals surface area contributed by atoms with Gasteiger partial charge in [-0.3, -0.25) is 0 Å². The van der Waals surface area contributed by atoms with Crippen LogP contribution in [0.25, 0.3) is 76.6 Å². The molecule has 0 saturated carbocycles. The van der Waals surface area contributed by atoms with Crippen LogP contribution in [0.3, 0.4) is 0 Å². The highest BCUT2D eigenvalue weighted by molar-refractivity contribution is 6.93. The van der Waals surface area contributed by atoms with Gasteiger partial charge in [-0.25, -0.2) is 0 Å². The maximum absolute atomic E-state index is 2.70. The van der Waals surface area contributed by atoms with Crippen LogP contribution in [-0.2, 0) is 0 Å². The standard InChI is InChI=1S/C58H34B2N4/c1-3-18-37(19-4-1)61-51-31-15-24-41-44-27-13-25-42-39-22-10-12-30-50(39)64(55(42)44)60(53(41)51)48-34-46-45-28-14-26-43-40-23-9-11-29-49(40)63(56(43)45)59-47-32-35-16-7-8-17-36(35)33-52(47)62(38-20-5-2-6-21-38)58(54(46)59)57(48)61/h1-34H. The van der Waals surface area contributed by atoms with Gasteiger partial charge in [-0.1, -0.05) is 158 Å². The van der Waals surface area contributed by atoms with Gasteiger partial charge in [-0.2, -0.15) is 0 Å². The maximum atomic E-state index is 2.70. The summed E-state index contributed by atoms with van der Waals surface area (Å²) < 4.78 is 5.39. The van der Waals surface area contributed by atoms with E-state index in [4.69, 9.17) is 0 Å². The Bertz CT molecular complexity index is 4060. The van der Waals surface area contributed by atoms with E-state index in [1.165, 1.54) is 121 Å². The number of aromatic nitrogens is 2. The van der Waals surface area contributed by atoms with E-state index in [-0.39, 0.29) is 13.7 Å². The summed E-state index contributed by atoms with van der Waals surface area (Å²) in [7, 11) is 0. The second-order valence-corrected chi connectivity index (χ2v) is 17.9. The molecule has 12 aromatic rings. The molecule has 64 heavy (non-hydrogen) atoms. The van der Waals surface area contributed by atoms with Crippen molar-refractivity contribution in [3.05, 3.63) is 206 Å². The smallest absolute Gasteiger partial charge is 0.333 e. The first-order valence-corrected chi connectivity index (χ1v) is 22.4. The average Bonchev–Trinajstić information content (AvgIpc) is 3.88. The Kier molecular flexibility index (Phi) is 6.17. The van der Waals surface area contributed by atoms with Crippen molar-refractivity contribution >= 4 is 124 Å². The Morgan fingerprint density at radius 3 is 1.47 bits per heavy atom. The molecule has 0 aliphatic carbocycles. The summed E-state index contributed by atoms with van der Waals surface area (Å²) in [5.74, 6) is 0. The van der Waals surface area contributed by atoms with Gasteiger partial charge in [0.1, 0.15) is 0 Å². The molecule has 0 unspecified atom stereocenters. The lowest BCUT2D eigenvalue weighted by Gasteiger charge is -2.47. The Morgan fingerprint density at radius 1 is 0.312 bits per heavy atom. The molecular weight excluding hydrogens is 774 g/mol. The molecule has 0 spiro atoms. The van der Waals surface area contributed by atoms with Crippen molar-refractivity contribution in [2.24, 2.45) is 0 Å². The Labute approximate surface area is 369 Å². The fourth-order valence-electron chi connectivity index (χ4n) is 12.6. The third-order valence-electron chi connectivity index (χ3n) is 15.0. The number of hydrogen-bond acceptors (Lipinski definition) is 2. The minimum absolute atomic E-state index is 0.0938. The zero-order valence-electron chi connectivity index (χ0n) is 34.6. The molecule has 0 bridgehead atoms. The van der Waals surface area contributed by atoms with Gasteiger partial charge in [0.05, 0.1) is 11.4 Å². The van der Waals surface area contributed by atoms with Crippen LogP contribution in [0, 0.1) is 0 Å². The van der Waals surface area contributed by atoms with Crippen molar-refractivity contribution in [3.8, 4) is 22.3 Å². The average molecular weight is 809 g/mol. The lowest BCUT2D eigenvalue weighted by atomic mass is 9.41. The molecule has 4 nitrogen and oxygen atoms in total. The highest BCUT2D eigenvalue weighted by Crippen LogP contribution is 2.53. The van der Waals surface area contributed by atoms with Crippen LogP contribution in [0.5, 0.6) is 0 Å². The van der Waals surface area contributed by atoms with Gasteiger partial charge in [-0.15, -0.1) is 0 Å². The van der Waals surface area contributed by atoms with Crippen molar-refractivity contribution in [2.45, 2.75) is 0 Å². The molecule has 0 fully saturated rings. The van der Waals surface area contributed by atoms with Gasteiger partial charge < -0.3 is 18.8 Å². The second-order valence-electron chi connectivity index (χ2n) is 17.9. The molecule has 0 radical (unpaired) electrons. The Hall–Kier alpha value is -8.21. The van der Waals surface area contributed by atoms with Crippen LogP contribution < -0.4 is 31.7 Å². The largest absolute Gasteiger partial charge is 0.375 e. The quantitative estimate of drug-likeness (QED) is 0.162. The molecule has 292 valence electrons. The molecule has 6 heterocycles. The highest BCUT2D eigenvalue weighted by Gasteiger charge is 2.50. The van der Waals surface area contributed by atoms with Crippen LogP contribution in [0.4, 0.5) is 34.1 Å². The van der Waals surface area contributed by atoms with E-state index in [0.29, 0.717) is 0 Å². The second kappa shape index (κ2) is 11.8. The van der Waals surface area contributed by atoms with E-state index in [2.05, 4.69) is 225 Å². The van der Waals surface area contributed by atoms with E-state index in [0.717, 1.165) is 11.4 Å². The van der Waals surface area contributed by atoms with Crippen LogP contribution in [0.1, 0.15) is 0 Å². The molecule has 4 aliphatic heterocycles. The predicted octanol–water partition coefficient (Wildman–Crippen LogP) is 11.9. The van der Waals surface area contributed by atoms with E-state index in [1.54, 1.807) is 0 Å². The molecule has 0 saturated heterocycles. The van der Waals surface area contributed by atoms with E-state index in [9.17, 15) is 0 Å². The molecule has 2 aromatic heterocycles. The molecule has 0 N–H and O–H groups in total. The van der Waals surface area contributed by atoms with Gasteiger partial charge >= 0.3 is 13.7 Å². The molecule has 0 amide bonds. The number of anilines is 6. The van der Waals surface area contributed by atoms with Crippen LogP contribution >= 0.6 is 0 Å². The molecule has 16 rings (SSSR count). The molecule has 4 aliphatic rings. The lowest BCUT2D eigenvalue weighted by Crippen LogP contribution is -2.61. The number of benzene rings is 10. The summed E-state index contributed by atoms with van der Waals surface area (Å²) in [6.45, 7) is -0.190. The summed E-state index contributed by atoms with van der Waals surface area (Å²) >= 11 is 0. The zero-order chi connectivity index (χ0) is 41.4. The van der Waals surface area contributed by atoms with Crippen LogP contribution in [-0.4, -0.2) is 22.7 Å². The van der Waals surface area contributed by atoms with Gasteiger partial charge in [-0.05, 0) is 92.3 Å². The minimum atomic E-state index is -0.0962. The first kappa shape index (κ1) is 33.4. The predicted molar refractivity (Wildman–Crippen MR) is 271 cm³/mol. The Morgan fingerprint density at radius 2 is 0.812 bits per heavy atom. The zero-order valence-corrected chi connectivity index (χ0v) is 34.6. The summed E-state index contributed by atoms with van der Waals surface area (Å²) in [5, 5.41) is 7.67. The maximum Gasteiger partial charge on any atom is 0.333 e. The summed E-state index contributed by atoms with van der Waals surface area (Å²) in [6, 6.07) is 77.8. The SMILES string of the molecule is c1ccc(N2c3cccc4c3B(c3cc5c6c(c32)N(c2ccccc2)c2cc3ccccc3cc2B6n2c3ccccc3c3cccc-5c32)n2c3ccccc3c3cccc-4c32)cc1. The van der Waals surface area contributed by atoms with Gasteiger partial charge in [0.2, 0.25) is 0 Å². The number of para-hydroxylation sites is 6. The third kappa shape index (κ3) is 3.95. The first-order chi connectivity index (χ1) is 31.8. The number of fused-ring (bicyclic) bond motifs is 16. The normalized spacial score (nSPS) is 13.8. The lowest BCUT2D eigenvalue weighted by molar-refractivity contribution is 1.21. The van der Waals surface area contributed by atoms with Crippen molar-refractivity contribution in [3.63, 3.8) is 0 Å². The van der Waals surface area contributed by atoms with Crippen molar-refractivity contribution < 1.29 is 0 Å². The molecular formula is C58H34B2N4. The van der Waals surface area contributed by atoms with E-state index >= 15 is 0 Å². The van der Waals surface area contributed by atoms with Crippen molar-refractivity contribution in [1.29, 1.82) is 0 Å². The van der Waals surface area contributed by atoms with Crippen molar-refractivity contribution in [1.82, 2.24) is 8.96 Å². The fraction of sp³-hybridized carbons (Fsp3) is 0. The molecule has 6 heteroatoms. The monoisotopic (exact) mass is 808 g/mol. The molecule has 0 atom stereocenters. The number of nitrogens with zero attached hydrogens (tertiary/aromatic N) is 4. The summed E-state index contributed by atoms with van der Waals surface area (Å²) in [5.41, 5.74) is 22.8. The van der Waals surface area contributed by atoms with E-state index in [1.807, 2.05) is 0 Å². The van der Waals surface area contributed by atoms with Crippen molar-refractivity contribution in [2.75, 3.05) is 9.80 Å². The highest BCUT2D eigenvalue weighted by atomic mass is 15.2. The number of hydrogen-bond donors (Lipinski definition) is 0. The van der Waals surface area contributed by atoms with Gasteiger partial charge in [0, 0.05) is 77.5 Å². The third-order valence-corrected chi connectivity index (χ3v) is 15.0. The summed E-state index contributed by atoms with van der Waals surface area (Å²) in [6.07, 6.45) is 0. The van der Waals surface area contributed by atoms with Gasteiger partial charge in [0.15, 0.2) is 0 Å². The topological polar surface area (TPSA) is 16.3 Å². The van der Waals surface area contributed by atoms with E-state index < -0.39 is 0 Å². The Balaban J connectivity index is 1.16. The molecule has 10 aromatic carbocycles. The summed E-state index contributed by atoms with van der Waals surface area (Å²) in [4.78, 5) is 5.23. The fourth-order valence-corrected chi connectivity index (χ4v) is 12.6. The van der Waals surface area contributed by atoms with Crippen LogP contribution in [0.15, 0.2) is 206 Å². The number of rotatable bonds is 2. The van der Waals surface area contributed by atoms with Gasteiger partial charge in [0.25, 0.3) is 0 Å². The first-order valence-electron chi connectivity index (χ1n) is 22.4. The van der Waals surface area contributed by atoms with Crippen LogP contribution in [0.2, 0.25) is 0 Å².